The predicted octanol–water partition coefficient (Wildman–Crippen LogP) is 2.39. The first-order chi connectivity index (χ1) is 7.81. The first-order valence-electron chi connectivity index (χ1n) is 4.87. The van der Waals surface area contributed by atoms with E-state index in [9.17, 15) is 22.4 Å². The van der Waals surface area contributed by atoms with Crippen LogP contribution in [0, 0.1) is 0 Å². The van der Waals surface area contributed by atoms with Crippen LogP contribution in [0.3, 0.4) is 0 Å². The highest BCUT2D eigenvalue weighted by Crippen LogP contribution is 2.20. The molecule has 0 rings (SSSR count). The van der Waals surface area contributed by atoms with Gasteiger partial charge in [0.1, 0.15) is 6.61 Å². The molecule has 0 aromatic carbocycles. The van der Waals surface area contributed by atoms with Gasteiger partial charge in [0.15, 0.2) is 0 Å². The van der Waals surface area contributed by atoms with Crippen molar-refractivity contribution in [3.05, 3.63) is 12.7 Å². The molecule has 0 saturated heterocycles. The molecule has 1 N–H and O–H groups in total. The zero-order chi connectivity index (χ0) is 13.9. The van der Waals surface area contributed by atoms with E-state index < -0.39 is 19.0 Å². The summed E-state index contributed by atoms with van der Waals surface area (Å²) in [5.41, 5.74) is 0. The van der Waals surface area contributed by atoms with E-state index >= 15 is 0 Å². The lowest BCUT2D eigenvalue weighted by Gasteiger charge is -2.09. The molecule has 0 fully saturated rings. The minimum atomic E-state index is -4.24. The number of aliphatic hydroxyl groups excluding tert-OH is 1. The van der Waals surface area contributed by atoms with Crippen LogP contribution in [-0.2, 0) is 9.53 Å². The van der Waals surface area contributed by atoms with Gasteiger partial charge in [-0.1, -0.05) is 19.9 Å². The molecular weight excluding hydrogens is 244 g/mol. The summed E-state index contributed by atoms with van der Waals surface area (Å²) in [5, 5.41) is 7.53. The molecule has 0 atom stereocenters. The van der Waals surface area contributed by atoms with Crippen molar-refractivity contribution in [3.63, 3.8) is 0 Å². The van der Waals surface area contributed by atoms with Crippen LogP contribution in [0.1, 0.15) is 19.8 Å². The molecule has 102 valence electrons. The fraction of sp³-hybridized carbons (Fsp3) is 0.700. The number of rotatable bonds is 6. The van der Waals surface area contributed by atoms with Gasteiger partial charge >= 0.3 is 18.3 Å². The largest absolute Gasteiger partial charge is 0.463 e. The Morgan fingerprint density at radius 1 is 1.53 bits per heavy atom. The van der Waals surface area contributed by atoms with Crippen molar-refractivity contribution in [3.8, 4) is 0 Å². The highest BCUT2D eigenvalue weighted by Gasteiger charge is 2.39. The molecule has 0 amide bonds. The summed E-state index contributed by atoms with van der Waals surface area (Å²) in [5.74, 6) is -4.57. The molecule has 0 spiro atoms. The number of aliphatic hydroxyl groups is 1. The fourth-order valence-electron chi connectivity index (χ4n) is 0.445. The average Bonchev–Trinajstić information content (AvgIpc) is 2.29. The molecule has 0 aliphatic rings. The van der Waals surface area contributed by atoms with Gasteiger partial charge in [0.05, 0.1) is 6.61 Å². The minimum absolute atomic E-state index is 0.330. The van der Waals surface area contributed by atoms with Crippen LogP contribution >= 0.6 is 0 Å². The summed E-state index contributed by atoms with van der Waals surface area (Å²) >= 11 is 0. The van der Waals surface area contributed by atoms with Crippen molar-refractivity contribution in [2.45, 2.75) is 32.1 Å². The number of unbranched alkanes of at least 4 members (excludes halogenated alkanes) is 1. The molecular formula is C10H16F4O3. The Bertz CT molecular complexity index is 220. The van der Waals surface area contributed by atoms with Crippen molar-refractivity contribution in [1.29, 1.82) is 0 Å². The monoisotopic (exact) mass is 260 g/mol. The van der Waals surface area contributed by atoms with Gasteiger partial charge in [-0.15, -0.1) is 0 Å². The standard InChI is InChI=1S/C7H12O2.C3H4F4O/c1-3-5-6-9-7(8)4-2;4-2(5)3(6,7)1-8/h4H,2-3,5-6H2,1H3;2,8H,1H2. The van der Waals surface area contributed by atoms with Gasteiger partial charge in [0, 0.05) is 6.08 Å². The smallest absolute Gasteiger partial charge is 0.330 e. The van der Waals surface area contributed by atoms with Crippen molar-refractivity contribution in [2.24, 2.45) is 0 Å². The highest BCUT2D eigenvalue weighted by atomic mass is 19.3. The van der Waals surface area contributed by atoms with Gasteiger partial charge in [-0.25, -0.2) is 13.6 Å². The third-order valence-electron chi connectivity index (χ3n) is 1.44. The third kappa shape index (κ3) is 11.2. The molecule has 0 aliphatic heterocycles. The summed E-state index contributed by atoms with van der Waals surface area (Å²) in [6.45, 7) is 4.02. The van der Waals surface area contributed by atoms with E-state index in [0.717, 1.165) is 12.8 Å². The number of halogens is 4. The van der Waals surface area contributed by atoms with E-state index in [1.807, 2.05) is 6.92 Å². The Kier molecular flexibility index (Phi) is 10.8. The Morgan fingerprint density at radius 2 is 2.06 bits per heavy atom. The molecule has 0 heterocycles. The molecule has 0 bridgehead atoms. The Morgan fingerprint density at radius 3 is 2.29 bits per heavy atom. The van der Waals surface area contributed by atoms with E-state index in [0.29, 0.717) is 6.61 Å². The first-order valence-corrected chi connectivity index (χ1v) is 4.87. The maximum atomic E-state index is 11.3. The fourth-order valence-corrected chi connectivity index (χ4v) is 0.445. The van der Waals surface area contributed by atoms with Crippen LogP contribution in [-0.4, -0.2) is 36.6 Å². The van der Waals surface area contributed by atoms with Crippen LogP contribution in [0.4, 0.5) is 17.6 Å². The molecule has 0 radical (unpaired) electrons. The number of carbonyl (C=O) groups excluding carboxylic acids is 1. The molecule has 3 nitrogen and oxygen atoms in total. The zero-order valence-corrected chi connectivity index (χ0v) is 9.47. The molecule has 0 unspecified atom stereocenters. The van der Waals surface area contributed by atoms with Gasteiger partial charge in [0.25, 0.3) is 0 Å². The number of hydrogen-bond donors (Lipinski definition) is 1. The van der Waals surface area contributed by atoms with Crippen molar-refractivity contribution < 1.29 is 32.2 Å². The topological polar surface area (TPSA) is 46.5 Å². The van der Waals surface area contributed by atoms with Crippen molar-refractivity contribution in [1.82, 2.24) is 0 Å². The SMILES string of the molecule is C=CC(=O)OCCCC.OCC(F)(F)C(F)F. The van der Waals surface area contributed by atoms with Crippen LogP contribution in [0.2, 0.25) is 0 Å². The molecule has 0 aliphatic carbocycles. The van der Waals surface area contributed by atoms with E-state index in [-0.39, 0.29) is 5.97 Å². The summed E-state index contributed by atoms with van der Waals surface area (Å²) in [6.07, 6.45) is -0.618. The van der Waals surface area contributed by atoms with Gasteiger partial charge < -0.3 is 9.84 Å². The summed E-state index contributed by atoms with van der Waals surface area (Å²) in [4.78, 5) is 10.3. The lowest BCUT2D eigenvalue weighted by molar-refractivity contribution is -0.153. The zero-order valence-electron chi connectivity index (χ0n) is 9.47. The van der Waals surface area contributed by atoms with Crippen molar-refractivity contribution >= 4 is 5.97 Å². The maximum absolute atomic E-state index is 11.3. The first kappa shape index (κ1) is 18.3. The number of hydrogen-bond acceptors (Lipinski definition) is 3. The Hall–Kier alpha value is -1.11. The highest BCUT2D eigenvalue weighted by molar-refractivity contribution is 5.81. The average molecular weight is 260 g/mol. The van der Waals surface area contributed by atoms with Crippen LogP contribution in [0.15, 0.2) is 12.7 Å². The molecule has 7 heteroatoms. The van der Waals surface area contributed by atoms with Gasteiger partial charge in [0.2, 0.25) is 0 Å². The second-order valence-electron chi connectivity index (χ2n) is 2.95. The number of ether oxygens (including phenoxy) is 1. The van der Waals surface area contributed by atoms with E-state index in [1.54, 1.807) is 0 Å². The lowest BCUT2D eigenvalue weighted by atomic mass is 10.4. The van der Waals surface area contributed by atoms with E-state index in [2.05, 4.69) is 11.3 Å². The second kappa shape index (κ2) is 10.1. The van der Waals surface area contributed by atoms with Crippen LogP contribution in [0.5, 0.6) is 0 Å². The van der Waals surface area contributed by atoms with Gasteiger partial charge in [-0.05, 0) is 6.42 Å². The Balaban J connectivity index is 0. The lowest BCUT2D eigenvalue weighted by Crippen LogP contribution is -2.30. The molecule has 0 aromatic rings. The summed E-state index contributed by atoms with van der Waals surface area (Å²) < 4.78 is 49.0. The third-order valence-corrected chi connectivity index (χ3v) is 1.44. The normalized spacial score (nSPS) is 10.5. The van der Waals surface area contributed by atoms with E-state index in [1.165, 1.54) is 6.08 Å². The second-order valence-corrected chi connectivity index (χ2v) is 2.95. The quantitative estimate of drug-likeness (QED) is 0.345. The number of alkyl halides is 4. The maximum Gasteiger partial charge on any atom is 0.330 e. The summed E-state index contributed by atoms with van der Waals surface area (Å²) in [6, 6.07) is 0. The predicted molar refractivity (Wildman–Crippen MR) is 54.1 cm³/mol. The Labute approximate surface area is 97.1 Å². The van der Waals surface area contributed by atoms with Crippen LogP contribution in [0.25, 0.3) is 0 Å². The van der Waals surface area contributed by atoms with Gasteiger partial charge in [-0.3, -0.25) is 0 Å². The molecule has 17 heavy (non-hydrogen) atoms. The minimum Gasteiger partial charge on any atom is -0.463 e. The molecule has 0 saturated carbocycles. The molecule has 0 aromatic heterocycles. The van der Waals surface area contributed by atoms with E-state index in [4.69, 9.17) is 5.11 Å². The summed E-state index contributed by atoms with van der Waals surface area (Å²) in [7, 11) is 0. The van der Waals surface area contributed by atoms with Crippen molar-refractivity contribution in [2.75, 3.05) is 13.2 Å². The van der Waals surface area contributed by atoms with Gasteiger partial charge in [-0.2, -0.15) is 8.78 Å². The van der Waals surface area contributed by atoms with Crippen LogP contribution < -0.4 is 0 Å². The number of esters is 1. The number of carbonyl (C=O) groups is 1.